The lowest BCUT2D eigenvalue weighted by Crippen LogP contribution is -2.15. The number of hydrogen-bond acceptors (Lipinski definition) is 7. The van der Waals surface area contributed by atoms with Crippen LogP contribution in [0.5, 0.6) is 0 Å². The van der Waals surface area contributed by atoms with E-state index in [0.717, 1.165) is 4.88 Å². The molecule has 9 nitrogen and oxygen atoms in total. The molecule has 0 saturated heterocycles. The summed E-state index contributed by atoms with van der Waals surface area (Å²) >= 11 is 2.81. The maximum absolute atomic E-state index is 12.3. The number of nitrogens with zero attached hydrogens (tertiary/aromatic N) is 5. The number of carbonyl (C=O) groups excluding carboxylic acids is 1. The molecular formula is C18H14N6O3S2. The number of hydrogen-bond donors (Lipinski definition) is 1. The van der Waals surface area contributed by atoms with Crippen molar-refractivity contribution in [1.82, 2.24) is 19.5 Å². The van der Waals surface area contributed by atoms with Crippen molar-refractivity contribution >= 4 is 40.4 Å². The van der Waals surface area contributed by atoms with Gasteiger partial charge in [0.1, 0.15) is 0 Å². The van der Waals surface area contributed by atoms with Crippen molar-refractivity contribution in [3.8, 4) is 10.7 Å². The standard InChI is InChI=1S/C18H14N6O3S2/c25-16(19-13-5-7-14(8-6-13)24(26)27)12-29-18-21-20-17(15-4-3-11-28-15)23(18)22-9-1-2-10-22/h1-11H,12H2,(H,19,25). The molecule has 1 aromatic carbocycles. The predicted molar refractivity (Wildman–Crippen MR) is 111 cm³/mol. The first-order valence-corrected chi connectivity index (χ1v) is 10.3. The van der Waals surface area contributed by atoms with Crippen LogP contribution >= 0.6 is 23.1 Å². The third-order valence-electron chi connectivity index (χ3n) is 3.87. The minimum Gasteiger partial charge on any atom is -0.325 e. The number of non-ortho nitro benzene ring substituents is 1. The molecule has 0 aliphatic carbocycles. The number of amides is 1. The number of nitrogens with one attached hydrogen (secondary N) is 1. The SMILES string of the molecule is O=C(CSc1nnc(-c2cccs2)n1-n1cccc1)Nc1ccc([N+](=O)[O-])cc1. The minimum atomic E-state index is -0.485. The Morgan fingerprint density at radius 2 is 1.90 bits per heavy atom. The largest absolute Gasteiger partial charge is 0.325 e. The number of nitro benzene ring substituents is 1. The van der Waals surface area contributed by atoms with E-state index < -0.39 is 4.92 Å². The fourth-order valence-corrected chi connectivity index (χ4v) is 4.00. The van der Waals surface area contributed by atoms with E-state index in [1.807, 2.05) is 51.4 Å². The fraction of sp³-hybridized carbons (Fsp3) is 0.0556. The van der Waals surface area contributed by atoms with Crippen molar-refractivity contribution in [2.45, 2.75) is 5.16 Å². The first-order chi connectivity index (χ1) is 14.1. The van der Waals surface area contributed by atoms with Crippen molar-refractivity contribution in [3.63, 3.8) is 0 Å². The van der Waals surface area contributed by atoms with Crippen molar-refractivity contribution < 1.29 is 9.72 Å². The van der Waals surface area contributed by atoms with Gasteiger partial charge in [0, 0.05) is 30.2 Å². The van der Waals surface area contributed by atoms with E-state index in [2.05, 4.69) is 15.5 Å². The number of carbonyl (C=O) groups is 1. The van der Waals surface area contributed by atoms with E-state index in [1.54, 1.807) is 11.3 Å². The van der Waals surface area contributed by atoms with Gasteiger partial charge in [0.05, 0.1) is 15.6 Å². The summed E-state index contributed by atoms with van der Waals surface area (Å²) in [6, 6.07) is 13.4. The zero-order valence-corrected chi connectivity index (χ0v) is 16.5. The van der Waals surface area contributed by atoms with Crippen molar-refractivity contribution in [2.24, 2.45) is 0 Å². The second kappa shape index (κ2) is 8.29. The summed E-state index contributed by atoms with van der Waals surface area (Å²) in [5, 5.41) is 24.5. The van der Waals surface area contributed by atoms with Crippen LogP contribution in [-0.2, 0) is 4.79 Å². The third-order valence-corrected chi connectivity index (χ3v) is 5.65. The molecule has 0 spiro atoms. The minimum absolute atomic E-state index is 0.0293. The third kappa shape index (κ3) is 4.20. The fourth-order valence-electron chi connectivity index (χ4n) is 2.58. The molecule has 3 aromatic heterocycles. The summed E-state index contributed by atoms with van der Waals surface area (Å²) in [6.45, 7) is 0. The maximum Gasteiger partial charge on any atom is 0.269 e. The monoisotopic (exact) mass is 426 g/mol. The Labute approximate surface area is 173 Å². The first-order valence-electron chi connectivity index (χ1n) is 8.42. The molecule has 0 unspecified atom stereocenters. The number of thiophene rings is 1. The maximum atomic E-state index is 12.3. The van der Waals surface area contributed by atoms with Gasteiger partial charge in [-0.1, -0.05) is 17.8 Å². The Morgan fingerprint density at radius 3 is 2.55 bits per heavy atom. The lowest BCUT2D eigenvalue weighted by molar-refractivity contribution is -0.384. The summed E-state index contributed by atoms with van der Waals surface area (Å²) in [5.74, 6) is 0.555. The summed E-state index contributed by atoms with van der Waals surface area (Å²) in [6.07, 6.45) is 3.75. The van der Waals surface area contributed by atoms with Crippen LogP contribution in [0.25, 0.3) is 10.7 Å². The molecule has 0 radical (unpaired) electrons. The van der Waals surface area contributed by atoms with Gasteiger partial charge in [-0.2, -0.15) is 0 Å². The van der Waals surface area contributed by atoms with Gasteiger partial charge < -0.3 is 5.32 Å². The molecule has 11 heteroatoms. The van der Waals surface area contributed by atoms with Crippen LogP contribution in [0.1, 0.15) is 0 Å². The molecule has 3 heterocycles. The summed E-state index contributed by atoms with van der Waals surface area (Å²) in [5.41, 5.74) is 0.464. The topological polar surface area (TPSA) is 108 Å². The van der Waals surface area contributed by atoms with Crippen LogP contribution < -0.4 is 5.32 Å². The molecule has 0 fully saturated rings. The van der Waals surface area contributed by atoms with Crippen LogP contribution in [0.2, 0.25) is 0 Å². The van der Waals surface area contributed by atoms with Crippen LogP contribution in [-0.4, -0.2) is 36.1 Å². The van der Waals surface area contributed by atoms with E-state index >= 15 is 0 Å². The second-order valence-electron chi connectivity index (χ2n) is 5.80. The highest BCUT2D eigenvalue weighted by Crippen LogP contribution is 2.27. The molecule has 0 saturated carbocycles. The molecule has 4 rings (SSSR count). The summed E-state index contributed by atoms with van der Waals surface area (Å²) < 4.78 is 3.70. The Morgan fingerprint density at radius 1 is 1.14 bits per heavy atom. The van der Waals surface area contributed by atoms with Crippen molar-refractivity contribution in [1.29, 1.82) is 0 Å². The molecule has 0 atom stereocenters. The zero-order valence-electron chi connectivity index (χ0n) is 14.8. The highest BCUT2D eigenvalue weighted by molar-refractivity contribution is 7.99. The normalized spacial score (nSPS) is 10.8. The number of aromatic nitrogens is 4. The van der Waals surface area contributed by atoms with Gasteiger partial charge >= 0.3 is 0 Å². The summed E-state index contributed by atoms with van der Waals surface area (Å²) in [7, 11) is 0. The van der Waals surface area contributed by atoms with Gasteiger partial charge in [-0.15, -0.1) is 21.5 Å². The number of nitro groups is 1. The molecule has 29 heavy (non-hydrogen) atoms. The second-order valence-corrected chi connectivity index (χ2v) is 7.69. The molecule has 0 aliphatic heterocycles. The van der Waals surface area contributed by atoms with E-state index in [0.29, 0.717) is 16.7 Å². The van der Waals surface area contributed by atoms with Crippen LogP contribution in [0, 0.1) is 10.1 Å². The average molecular weight is 426 g/mol. The Balaban J connectivity index is 1.48. The Kier molecular flexibility index (Phi) is 5.40. The van der Waals surface area contributed by atoms with E-state index in [1.165, 1.54) is 36.0 Å². The van der Waals surface area contributed by atoms with Gasteiger partial charge in [-0.05, 0) is 35.7 Å². The lowest BCUT2D eigenvalue weighted by Gasteiger charge is -2.10. The molecular weight excluding hydrogens is 412 g/mol. The van der Waals surface area contributed by atoms with Gasteiger partial charge in [-0.25, -0.2) is 4.68 Å². The van der Waals surface area contributed by atoms with Crippen LogP contribution in [0.15, 0.2) is 71.5 Å². The number of anilines is 1. The van der Waals surface area contributed by atoms with Crippen LogP contribution in [0.4, 0.5) is 11.4 Å². The quantitative estimate of drug-likeness (QED) is 0.274. The van der Waals surface area contributed by atoms with Gasteiger partial charge in [0.2, 0.25) is 11.1 Å². The van der Waals surface area contributed by atoms with Crippen molar-refractivity contribution in [3.05, 3.63) is 76.4 Å². The molecule has 1 amide bonds. The predicted octanol–water partition coefficient (Wildman–Crippen LogP) is 3.76. The lowest BCUT2D eigenvalue weighted by atomic mass is 10.3. The molecule has 1 N–H and O–H groups in total. The van der Waals surface area contributed by atoms with E-state index in [-0.39, 0.29) is 17.3 Å². The Hall–Kier alpha value is -3.44. The van der Waals surface area contributed by atoms with Gasteiger partial charge in [0.25, 0.3) is 5.69 Å². The van der Waals surface area contributed by atoms with E-state index in [4.69, 9.17) is 0 Å². The highest BCUT2D eigenvalue weighted by Gasteiger charge is 2.17. The highest BCUT2D eigenvalue weighted by atomic mass is 32.2. The van der Waals surface area contributed by atoms with Gasteiger partial charge in [-0.3, -0.25) is 19.6 Å². The number of thioether (sulfide) groups is 1. The summed E-state index contributed by atoms with van der Waals surface area (Å²) in [4.78, 5) is 23.5. The average Bonchev–Trinajstić information content (AvgIpc) is 3.47. The number of benzene rings is 1. The van der Waals surface area contributed by atoms with Crippen molar-refractivity contribution in [2.75, 3.05) is 11.1 Å². The number of rotatable bonds is 7. The van der Waals surface area contributed by atoms with E-state index in [9.17, 15) is 14.9 Å². The molecule has 146 valence electrons. The molecule has 4 aromatic rings. The van der Waals surface area contributed by atoms with Crippen LogP contribution in [0.3, 0.4) is 0 Å². The smallest absolute Gasteiger partial charge is 0.269 e. The van der Waals surface area contributed by atoms with Gasteiger partial charge in [0.15, 0.2) is 5.82 Å². The zero-order chi connectivity index (χ0) is 20.2. The Bertz CT molecular complexity index is 1120. The first kappa shape index (κ1) is 18.9. The molecule has 0 aliphatic rings. The molecule has 0 bridgehead atoms.